The van der Waals surface area contributed by atoms with Crippen molar-refractivity contribution in [3.63, 3.8) is 0 Å². The topological polar surface area (TPSA) is 172 Å². The second-order valence-electron chi connectivity index (χ2n) is 10.7. The first-order valence-corrected chi connectivity index (χ1v) is 15.1. The van der Waals surface area contributed by atoms with Gasteiger partial charge in [0.15, 0.2) is 11.7 Å². The van der Waals surface area contributed by atoms with Crippen LogP contribution in [0.2, 0.25) is 5.02 Å². The minimum Gasteiger partial charge on any atom is -0.454 e. The van der Waals surface area contributed by atoms with Crippen molar-refractivity contribution in [3.8, 4) is 6.01 Å². The molecule has 0 saturated carbocycles. The second kappa shape index (κ2) is 15.5. The quantitative estimate of drug-likeness (QED) is 0.123. The number of nitrogens with zero attached hydrogens (tertiary/aromatic N) is 4. The summed E-state index contributed by atoms with van der Waals surface area (Å²) in [5, 5.41) is 16.1. The van der Waals surface area contributed by atoms with Gasteiger partial charge < -0.3 is 26.0 Å². The molecule has 0 radical (unpaired) electrons. The van der Waals surface area contributed by atoms with Crippen LogP contribution in [-0.4, -0.2) is 63.5 Å². The number of aromatic nitrogens is 4. The highest BCUT2D eigenvalue weighted by molar-refractivity contribution is 7.13. The molecule has 4 rings (SSSR count). The van der Waals surface area contributed by atoms with Crippen molar-refractivity contribution in [2.75, 3.05) is 35.6 Å². The van der Waals surface area contributed by atoms with E-state index in [9.17, 15) is 27.6 Å². The Hall–Kier alpha value is -5.03. The normalized spacial score (nSPS) is 11.4. The molecule has 0 spiro atoms. The lowest BCUT2D eigenvalue weighted by Gasteiger charge is -2.25. The molecule has 47 heavy (non-hydrogen) atoms. The zero-order valence-corrected chi connectivity index (χ0v) is 26.5. The summed E-state index contributed by atoms with van der Waals surface area (Å²) >= 11 is 7.09. The number of ether oxygens (including phenoxy) is 1. The van der Waals surface area contributed by atoms with E-state index in [4.69, 9.17) is 16.3 Å². The lowest BCUT2D eigenvalue weighted by Crippen LogP contribution is -2.44. The first-order chi connectivity index (χ1) is 22.2. The fourth-order valence-electron chi connectivity index (χ4n) is 3.64. The van der Waals surface area contributed by atoms with Crippen molar-refractivity contribution in [2.45, 2.75) is 26.6 Å². The average Bonchev–Trinajstić information content (AvgIpc) is 3.54. The van der Waals surface area contributed by atoms with Gasteiger partial charge in [0.05, 0.1) is 5.56 Å². The monoisotopic (exact) mass is 691 g/mol. The summed E-state index contributed by atoms with van der Waals surface area (Å²) in [6.45, 7) is 2.56. The van der Waals surface area contributed by atoms with Gasteiger partial charge in [-0.2, -0.15) is 23.1 Å². The number of rotatable bonds is 13. The summed E-state index contributed by atoms with van der Waals surface area (Å²) in [4.78, 5) is 53.0. The fraction of sp³-hybridized carbons (Fsp3) is 0.276. The molecule has 13 nitrogen and oxygen atoms in total. The molecule has 1 aromatic carbocycles. The van der Waals surface area contributed by atoms with E-state index in [0.717, 1.165) is 5.56 Å². The number of benzene rings is 1. The molecule has 0 fully saturated rings. The Morgan fingerprint density at radius 2 is 1.64 bits per heavy atom. The number of hydrogen-bond donors (Lipinski definition) is 5. The Morgan fingerprint density at radius 1 is 0.915 bits per heavy atom. The number of carbonyl (C=O) groups is 3. The number of amides is 3. The molecule has 0 atom stereocenters. The van der Waals surface area contributed by atoms with E-state index in [1.807, 2.05) is 0 Å². The predicted octanol–water partition coefficient (Wildman–Crippen LogP) is 4.79. The average molecular weight is 692 g/mol. The van der Waals surface area contributed by atoms with E-state index in [2.05, 4.69) is 46.5 Å². The smallest absolute Gasteiger partial charge is 0.422 e. The van der Waals surface area contributed by atoms with Crippen molar-refractivity contribution in [1.82, 2.24) is 30.6 Å². The van der Waals surface area contributed by atoms with Gasteiger partial charge in [-0.1, -0.05) is 37.6 Å². The van der Waals surface area contributed by atoms with Crippen LogP contribution in [-0.2, 0) is 16.1 Å². The molecule has 3 heterocycles. The molecule has 0 saturated heterocycles. The SMILES string of the molecule is CC(C)(CNC(=O)C(=O)Nc1nccs1)CNC(=O)c1ccc(Nc2cc(NCc3ccc(Cl)cc3)nc(OCC(F)(F)F)n2)nc1. The van der Waals surface area contributed by atoms with Crippen molar-refractivity contribution in [1.29, 1.82) is 0 Å². The lowest BCUT2D eigenvalue weighted by molar-refractivity contribution is -0.154. The van der Waals surface area contributed by atoms with Gasteiger partial charge in [0, 0.05) is 48.5 Å². The van der Waals surface area contributed by atoms with Crippen LogP contribution in [0.3, 0.4) is 0 Å². The van der Waals surface area contributed by atoms with Crippen LogP contribution >= 0.6 is 22.9 Å². The minimum atomic E-state index is -4.59. The zero-order valence-electron chi connectivity index (χ0n) is 24.9. The van der Waals surface area contributed by atoms with Gasteiger partial charge in [-0.3, -0.25) is 19.7 Å². The van der Waals surface area contributed by atoms with Crippen LogP contribution in [0.4, 0.5) is 35.8 Å². The van der Waals surface area contributed by atoms with Gasteiger partial charge in [0.1, 0.15) is 17.5 Å². The van der Waals surface area contributed by atoms with Gasteiger partial charge in [0.2, 0.25) is 0 Å². The third kappa shape index (κ3) is 11.7. The van der Waals surface area contributed by atoms with E-state index in [1.165, 1.54) is 41.9 Å². The van der Waals surface area contributed by atoms with Gasteiger partial charge in [0.25, 0.3) is 5.91 Å². The molecule has 3 aromatic heterocycles. The molecule has 0 unspecified atom stereocenters. The van der Waals surface area contributed by atoms with Gasteiger partial charge >= 0.3 is 24.0 Å². The van der Waals surface area contributed by atoms with Crippen LogP contribution in [0.25, 0.3) is 0 Å². The molecule has 248 valence electrons. The van der Waals surface area contributed by atoms with Crippen LogP contribution in [0.5, 0.6) is 6.01 Å². The first-order valence-electron chi connectivity index (χ1n) is 13.8. The highest BCUT2D eigenvalue weighted by Crippen LogP contribution is 2.23. The lowest BCUT2D eigenvalue weighted by atomic mass is 9.93. The van der Waals surface area contributed by atoms with E-state index in [1.54, 1.807) is 43.5 Å². The number of nitrogens with one attached hydrogen (secondary N) is 5. The Morgan fingerprint density at radius 3 is 2.30 bits per heavy atom. The largest absolute Gasteiger partial charge is 0.454 e. The molecule has 0 aliphatic rings. The van der Waals surface area contributed by atoms with Crippen molar-refractivity contribution in [2.24, 2.45) is 5.41 Å². The van der Waals surface area contributed by atoms with Crippen LogP contribution in [0, 0.1) is 5.41 Å². The van der Waals surface area contributed by atoms with E-state index in [0.29, 0.717) is 16.7 Å². The highest BCUT2D eigenvalue weighted by Gasteiger charge is 2.29. The van der Waals surface area contributed by atoms with E-state index >= 15 is 0 Å². The zero-order chi connectivity index (χ0) is 34.0. The van der Waals surface area contributed by atoms with Gasteiger partial charge in [-0.25, -0.2) is 9.97 Å². The summed E-state index contributed by atoms with van der Waals surface area (Å²) in [5.74, 6) is -1.61. The number of alkyl halides is 3. The third-order valence-electron chi connectivity index (χ3n) is 6.05. The number of carbonyl (C=O) groups excluding carboxylic acids is 3. The third-order valence-corrected chi connectivity index (χ3v) is 6.99. The number of thiazole rings is 1. The summed E-state index contributed by atoms with van der Waals surface area (Å²) < 4.78 is 43.1. The molecule has 0 aliphatic heterocycles. The first kappa shape index (κ1) is 34.8. The van der Waals surface area contributed by atoms with E-state index in [-0.39, 0.29) is 36.1 Å². The summed E-state index contributed by atoms with van der Waals surface area (Å²) in [7, 11) is 0. The van der Waals surface area contributed by atoms with Gasteiger partial charge in [-0.15, -0.1) is 11.3 Å². The van der Waals surface area contributed by atoms with Gasteiger partial charge in [-0.05, 0) is 35.2 Å². The molecule has 18 heteroatoms. The predicted molar refractivity (Wildman–Crippen MR) is 170 cm³/mol. The van der Waals surface area contributed by atoms with Crippen molar-refractivity contribution < 1.29 is 32.3 Å². The number of hydrogen-bond acceptors (Lipinski definition) is 11. The van der Waals surface area contributed by atoms with Crippen LogP contribution in [0.1, 0.15) is 29.8 Å². The second-order valence-corrected chi connectivity index (χ2v) is 12.0. The van der Waals surface area contributed by atoms with Crippen LogP contribution in [0.15, 0.2) is 60.2 Å². The summed E-state index contributed by atoms with van der Waals surface area (Å²) in [6, 6.07) is 10.9. The molecular formula is C29H29ClF3N9O4S. The molecular weight excluding hydrogens is 663 g/mol. The van der Waals surface area contributed by atoms with Crippen molar-refractivity contribution >= 4 is 63.2 Å². The maximum Gasteiger partial charge on any atom is 0.422 e. The summed E-state index contributed by atoms with van der Waals surface area (Å²) in [5.41, 5.74) is 0.458. The Bertz CT molecular complexity index is 1670. The Balaban J connectivity index is 1.33. The standard InChI is InChI=1S/C29H29ClF3N9O4S/c1-28(2,15-38-24(44)25(45)42-27-34-9-10-47-27)14-37-23(43)18-5-8-20(36-13-18)39-22-11-21(35-12-17-3-6-19(30)7-4-17)40-26(41-22)46-16-29(31,32)33/h3-11,13H,12,14-16H2,1-2H3,(H,37,43)(H,38,44)(H,34,42,45)(H2,35,36,39,40,41). The molecule has 0 aliphatic carbocycles. The minimum absolute atomic E-state index is 0.0876. The molecule has 4 aromatic rings. The van der Waals surface area contributed by atoms with Crippen molar-refractivity contribution in [3.05, 3.63) is 76.4 Å². The van der Waals surface area contributed by atoms with E-state index < -0.39 is 41.9 Å². The maximum atomic E-state index is 12.8. The number of anilines is 4. The fourth-order valence-corrected chi connectivity index (χ4v) is 4.29. The Kier molecular flexibility index (Phi) is 11.5. The highest BCUT2D eigenvalue weighted by atomic mass is 35.5. The molecule has 0 bridgehead atoms. The molecule has 3 amide bonds. The maximum absolute atomic E-state index is 12.8. The summed E-state index contributed by atoms with van der Waals surface area (Å²) in [6.07, 6.45) is -1.79. The Labute approximate surface area is 275 Å². The van der Waals surface area contributed by atoms with Crippen LogP contribution < -0.4 is 31.3 Å². The number of pyridine rings is 1. The number of halogens is 4. The molecule has 5 N–H and O–H groups in total.